The van der Waals surface area contributed by atoms with E-state index in [9.17, 15) is 0 Å². The van der Waals surface area contributed by atoms with Crippen molar-refractivity contribution < 1.29 is 18.9 Å². The van der Waals surface area contributed by atoms with Gasteiger partial charge in [-0.3, -0.25) is 0 Å². The summed E-state index contributed by atoms with van der Waals surface area (Å²) in [6.07, 6.45) is 13.0. The SMILES string of the molecule is CCCCCCCCCCOc1ccc(C2=c3ccc([nH]3)=C(c3cccc(OCCC)c3)c3ccc([nH]3)C(c3ccc(OCCC)cc3)=c3ccc([nH]3)=C(c3cccc(OCCC)c3)c3ccc2[nH]3)cc1. The Balaban J connectivity index is 1.23. The van der Waals surface area contributed by atoms with Gasteiger partial charge in [0.2, 0.25) is 0 Å². The molecule has 5 heterocycles. The molecule has 8 bridgehead atoms. The fourth-order valence-corrected chi connectivity index (χ4v) is 9.58. The minimum atomic E-state index is 0.646. The number of aromatic amines is 4. The second-order valence-corrected chi connectivity index (χ2v) is 18.6. The van der Waals surface area contributed by atoms with Gasteiger partial charge in [-0.25, -0.2) is 0 Å². The molecule has 71 heavy (non-hydrogen) atoms. The zero-order chi connectivity index (χ0) is 48.8. The molecule has 0 aliphatic carbocycles. The standard InChI is InChI=1S/C63H70N4O4/c1-5-9-10-11-12-13-14-15-41-71-49-28-24-45(25-29-49)61-54-32-36-58(66-54)62(46-18-16-20-50(42-46)69-39-7-3)56-34-30-52(64-56)60(44-22-26-48(27-23-44)68-38-6-2)53-31-35-57(65-53)63(59-37-33-55(61)67-59)47-19-17-21-51(43-47)70-40-8-4/h16-37,42-43,64-67H,5-15,38-41H2,1-4H3. The van der Waals surface area contributed by atoms with Gasteiger partial charge in [0.25, 0.3) is 0 Å². The Morgan fingerprint density at radius 1 is 0.282 bits per heavy atom. The molecule has 1 aliphatic heterocycles. The fraction of sp³-hybridized carbons (Fsp3) is 0.302. The molecule has 0 saturated carbocycles. The summed E-state index contributed by atoms with van der Waals surface area (Å²) in [7, 11) is 0. The van der Waals surface area contributed by atoms with E-state index in [1.54, 1.807) is 0 Å². The molecule has 1 aliphatic rings. The number of ether oxygens (including phenoxy) is 4. The van der Waals surface area contributed by atoms with Crippen LogP contribution in [0.5, 0.6) is 23.0 Å². The zero-order valence-corrected chi connectivity index (χ0v) is 42.1. The van der Waals surface area contributed by atoms with Crippen molar-refractivity contribution in [2.24, 2.45) is 0 Å². The minimum absolute atomic E-state index is 0.646. The topological polar surface area (TPSA) is 100 Å². The Labute approximate surface area is 419 Å². The van der Waals surface area contributed by atoms with Gasteiger partial charge in [0.15, 0.2) is 0 Å². The van der Waals surface area contributed by atoms with Crippen LogP contribution in [0.4, 0.5) is 0 Å². The normalized spacial score (nSPS) is 12.4. The van der Waals surface area contributed by atoms with E-state index >= 15 is 0 Å². The van der Waals surface area contributed by atoms with Crippen LogP contribution in [-0.2, 0) is 0 Å². The minimum Gasteiger partial charge on any atom is -0.494 e. The number of hydrogen-bond donors (Lipinski definition) is 4. The molecule has 0 unspecified atom stereocenters. The molecule has 0 amide bonds. The van der Waals surface area contributed by atoms with Crippen LogP contribution in [0.1, 0.15) is 143 Å². The fourth-order valence-electron chi connectivity index (χ4n) is 9.58. The van der Waals surface area contributed by atoms with E-state index in [1.807, 2.05) is 12.1 Å². The van der Waals surface area contributed by atoms with E-state index in [1.165, 1.54) is 44.9 Å². The van der Waals surface area contributed by atoms with Gasteiger partial charge in [0.1, 0.15) is 23.0 Å². The van der Waals surface area contributed by atoms with Crippen molar-refractivity contribution in [2.45, 2.75) is 98.3 Å². The van der Waals surface area contributed by atoms with Gasteiger partial charge in [-0.2, -0.15) is 0 Å². The molecule has 9 rings (SSSR count). The van der Waals surface area contributed by atoms with Gasteiger partial charge in [-0.15, -0.1) is 0 Å². The van der Waals surface area contributed by atoms with Gasteiger partial charge in [0.05, 0.1) is 26.4 Å². The molecular weight excluding hydrogens is 877 g/mol. The largest absolute Gasteiger partial charge is 0.494 e. The maximum atomic E-state index is 6.32. The highest BCUT2D eigenvalue weighted by Gasteiger charge is 2.19. The molecule has 4 aromatic heterocycles. The summed E-state index contributed by atoms with van der Waals surface area (Å²) in [5, 5.41) is 3.89. The zero-order valence-electron chi connectivity index (χ0n) is 42.1. The van der Waals surface area contributed by atoms with Crippen molar-refractivity contribution in [3.05, 3.63) is 212 Å². The summed E-state index contributed by atoms with van der Waals surface area (Å²) < 4.78 is 24.8. The Hall–Kier alpha value is -7.32. The van der Waals surface area contributed by atoms with Crippen LogP contribution in [0.3, 0.4) is 0 Å². The number of unbranched alkanes of at least 4 members (excludes halogenated alkanes) is 7. The summed E-state index contributed by atoms with van der Waals surface area (Å²) >= 11 is 0. The molecule has 366 valence electrons. The number of aromatic nitrogens is 4. The highest BCUT2D eigenvalue weighted by molar-refractivity contribution is 5.85. The monoisotopic (exact) mass is 947 g/mol. The highest BCUT2D eigenvalue weighted by atomic mass is 16.5. The van der Waals surface area contributed by atoms with Gasteiger partial charge < -0.3 is 38.9 Å². The first kappa shape index (κ1) is 48.7. The molecule has 0 radical (unpaired) electrons. The van der Waals surface area contributed by atoms with Gasteiger partial charge in [0, 0.05) is 66.5 Å². The smallest absolute Gasteiger partial charge is 0.119 e. The predicted octanol–water partition coefficient (Wildman–Crippen LogP) is 12.2. The van der Waals surface area contributed by atoms with Crippen molar-refractivity contribution in [3.63, 3.8) is 0 Å². The lowest BCUT2D eigenvalue weighted by atomic mass is 10.0. The number of hydrogen-bond acceptors (Lipinski definition) is 4. The van der Waals surface area contributed by atoms with Crippen molar-refractivity contribution >= 4 is 22.3 Å². The van der Waals surface area contributed by atoms with Crippen molar-refractivity contribution in [1.29, 1.82) is 0 Å². The van der Waals surface area contributed by atoms with Crippen LogP contribution in [0, 0.1) is 0 Å². The molecule has 0 spiro atoms. The maximum Gasteiger partial charge on any atom is 0.119 e. The van der Waals surface area contributed by atoms with Crippen LogP contribution in [0.25, 0.3) is 22.3 Å². The summed E-state index contributed by atoms with van der Waals surface area (Å²) in [4.78, 5) is 15.7. The lowest BCUT2D eigenvalue weighted by Gasteiger charge is -2.12. The molecule has 4 N–H and O–H groups in total. The van der Waals surface area contributed by atoms with E-state index in [0.717, 1.165) is 144 Å². The first-order valence-electron chi connectivity index (χ1n) is 26.2. The van der Waals surface area contributed by atoms with E-state index in [4.69, 9.17) is 18.9 Å². The van der Waals surface area contributed by atoms with Crippen LogP contribution in [0.15, 0.2) is 146 Å². The third-order valence-electron chi connectivity index (χ3n) is 13.1. The summed E-state index contributed by atoms with van der Waals surface area (Å²) in [5.74, 6) is 3.41. The number of rotatable bonds is 23. The van der Waals surface area contributed by atoms with Gasteiger partial charge in [-0.05, 0) is 145 Å². The third kappa shape index (κ3) is 11.8. The highest BCUT2D eigenvalue weighted by Crippen LogP contribution is 2.31. The lowest BCUT2D eigenvalue weighted by molar-refractivity contribution is 0.304. The second kappa shape index (κ2) is 24.0. The van der Waals surface area contributed by atoms with Crippen LogP contribution in [-0.4, -0.2) is 46.4 Å². The second-order valence-electron chi connectivity index (χ2n) is 18.6. The lowest BCUT2D eigenvalue weighted by Crippen LogP contribution is -2.19. The van der Waals surface area contributed by atoms with Crippen molar-refractivity contribution in [3.8, 4) is 23.0 Å². The molecular formula is C63H70N4O4. The Bertz CT molecular complexity index is 3240. The van der Waals surface area contributed by atoms with E-state index < -0.39 is 0 Å². The molecule has 8 aromatic rings. The summed E-state index contributed by atoms with van der Waals surface area (Å²) in [6, 6.07) is 51.5. The Morgan fingerprint density at radius 3 is 1.03 bits per heavy atom. The van der Waals surface area contributed by atoms with Crippen molar-refractivity contribution in [2.75, 3.05) is 26.4 Å². The van der Waals surface area contributed by atoms with Crippen LogP contribution < -0.4 is 40.3 Å². The Kier molecular flexibility index (Phi) is 16.5. The molecule has 0 atom stereocenters. The van der Waals surface area contributed by atoms with Gasteiger partial charge >= 0.3 is 0 Å². The molecule has 8 heteroatoms. The van der Waals surface area contributed by atoms with Crippen molar-refractivity contribution in [1.82, 2.24) is 19.9 Å². The molecule has 8 nitrogen and oxygen atoms in total. The predicted molar refractivity (Wildman–Crippen MR) is 289 cm³/mol. The summed E-state index contributed by atoms with van der Waals surface area (Å²) in [6.45, 7) is 11.3. The average molecular weight is 947 g/mol. The summed E-state index contributed by atoms with van der Waals surface area (Å²) in [5.41, 5.74) is 12.2. The van der Waals surface area contributed by atoms with E-state index in [2.05, 4.69) is 181 Å². The van der Waals surface area contributed by atoms with E-state index in [0.29, 0.717) is 19.8 Å². The first-order chi connectivity index (χ1) is 35.0. The molecule has 4 aromatic carbocycles. The van der Waals surface area contributed by atoms with Crippen LogP contribution >= 0.6 is 0 Å². The molecule has 0 saturated heterocycles. The third-order valence-corrected chi connectivity index (χ3v) is 13.1. The molecule has 0 fully saturated rings. The van der Waals surface area contributed by atoms with E-state index in [-0.39, 0.29) is 0 Å². The number of fused-ring (bicyclic) bond motifs is 8. The van der Waals surface area contributed by atoms with Crippen LogP contribution in [0.2, 0.25) is 0 Å². The Morgan fingerprint density at radius 2 is 0.634 bits per heavy atom. The van der Waals surface area contributed by atoms with Gasteiger partial charge in [-0.1, -0.05) is 121 Å². The maximum absolute atomic E-state index is 6.32. The quantitative estimate of drug-likeness (QED) is 0.0480. The number of nitrogens with one attached hydrogen (secondary N) is 4. The average Bonchev–Trinajstić information content (AvgIpc) is 4.26. The number of H-pyrrole nitrogens is 4. The number of benzene rings is 4. The first-order valence-corrected chi connectivity index (χ1v) is 26.2.